The van der Waals surface area contributed by atoms with Gasteiger partial charge in [0.05, 0.1) is 18.8 Å². The second-order valence-corrected chi connectivity index (χ2v) is 7.63. The predicted octanol–water partition coefficient (Wildman–Crippen LogP) is 4.92. The van der Waals surface area contributed by atoms with Crippen molar-refractivity contribution in [1.29, 1.82) is 0 Å². The number of hydrogen-bond donors (Lipinski definition) is 2. The summed E-state index contributed by atoms with van der Waals surface area (Å²) in [4.78, 5) is 11.3. The SMILES string of the molecule is CCCCCC(O)CC=C1CC[C@@H](O)[C@@H]1CCCCCCC(=O)OCC. The van der Waals surface area contributed by atoms with Gasteiger partial charge in [-0.3, -0.25) is 4.79 Å². The molecule has 4 heteroatoms. The number of rotatable bonds is 14. The molecule has 152 valence electrons. The van der Waals surface area contributed by atoms with Gasteiger partial charge < -0.3 is 14.9 Å². The molecule has 0 aliphatic heterocycles. The fourth-order valence-corrected chi connectivity index (χ4v) is 3.83. The molecule has 1 unspecified atom stereocenters. The molecule has 3 atom stereocenters. The molecule has 1 saturated carbocycles. The average Bonchev–Trinajstić information content (AvgIpc) is 2.96. The lowest BCUT2D eigenvalue weighted by molar-refractivity contribution is -0.143. The molecule has 26 heavy (non-hydrogen) atoms. The van der Waals surface area contributed by atoms with Crippen molar-refractivity contribution in [3.05, 3.63) is 11.6 Å². The quantitative estimate of drug-likeness (QED) is 0.259. The molecule has 0 heterocycles. The van der Waals surface area contributed by atoms with Crippen molar-refractivity contribution in [2.75, 3.05) is 6.61 Å². The highest BCUT2D eigenvalue weighted by atomic mass is 16.5. The summed E-state index contributed by atoms with van der Waals surface area (Å²) in [7, 11) is 0. The number of esters is 1. The van der Waals surface area contributed by atoms with Gasteiger partial charge in [-0.15, -0.1) is 0 Å². The predicted molar refractivity (Wildman–Crippen MR) is 106 cm³/mol. The first-order chi connectivity index (χ1) is 12.6. The number of aliphatic hydroxyl groups is 2. The first kappa shape index (κ1) is 23.2. The van der Waals surface area contributed by atoms with Gasteiger partial charge in [-0.1, -0.05) is 57.1 Å². The molecule has 0 aromatic rings. The van der Waals surface area contributed by atoms with Crippen LogP contribution in [0.5, 0.6) is 0 Å². The fraction of sp³-hybridized carbons (Fsp3) is 0.864. The third-order valence-electron chi connectivity index (χ3n) is 5.41. The zero-order valence-electron chi connectivity index (χ0n) is 16.9. The summed E-state index contributed by atoms with van der Waals surface area (Å²) in [6, 6.07) is 0. The number of carbonyl (C=O) groups is 1. The first-order valence-electron chi connectivity index (χ1n) is 10.8. The minimum absolute atomic E-state index is 0.0959. The Kier molecular flexibility index (Phi) is 12.7. The molecule has 2 N–H and O–H groups in total. The minimum atomic E-state index is -0.240. The van der Waals surface area contributed by atoms with Crippen LogP contribution in [0.4, 0.5) is 0 Å². The largest absolute Gasteiger partial charge is 0.466 e. The summed E-state index contributed by atoms with van der Waals surface area (Å²) >= 11 is 0. The Morgan fingerprint density at radius 3 is 2.69 bits per heavy atom. The lowest BCUT2D eigenvalue weighted by Crippen LogP contribution is -2.14. The average molecular weight is 369 g/mol. The van der Waals surface area contributed by atoms with Crippen molar-refractivity contribution in [3.63, 3.8) is 0 Å². The van der Waals surface area contributed by atoms with Gasteiger partial charge in [0.1, 0.15) is 0 Å². The van der Waals surface area contributed by atoms with E-state index in [-0.39, 0.29) is 24.1 Å². The second-order valence-electron chi connectivity index (χ2n) is 7.63. The van der Waals surface area contributed by atoms with Crippen LogP contribution in [-0.2, 0) is 9.53 Å². The van der Waals surface area contributed by atoms with E-state index in [1.807, 2.05) is 6.92 Å². The molecular weight excluding hydrogens is 328 g/mol. The number of ether oxygens (including phenoxy) is 1. The molecule has 0 aromatic carbocycles. The summed E-state index contributed by atoms with van der Waals surface area (Å²) < 4.78 is 4.93. The molecule has 0 aromatic heterocycles. The van der Waals surface area contributed by atoms with Crippen LogP contribution < -0.4 is 0 Å². The van der Waals surface area contributed by atoms with Crippen LogP contribution in [0.2, 0.25) is 0 Å². The van der Waals surface area contributed by atoms with Crippen LogP contribution >= 0.6 is 0 Å². The van der Waals surface area contributed by atoms with Crippen molar-refractivity contribution in [3.8, 4) is 0 Å². The minimum Gasteiger partial charge on any atom is -0.466 e. The summed E-state index contributed by atoms with van der Waals surface area (Å²) in [6.45, 7) is 4.47. The van der Waals surface area contributed by atoms with Gasteiger partial charge in [0.25, 0.3) is 0 Å². The molecule has 0 spiro atoms. The Morgan fingerprint density at radius 2 is 1.96 bits per heavy atom. The molecule has 0 bridgehead atoms. The van der Waals surface area contributed by atoms with Crippen molar-refractivity contribution >= 4 is 5.97 Å². The maximum atomic E-state index is 11.3. The van der Waals surface area contributed by atoms with Gasteiger partial charge in [0.15, 0.2) is 0 Å². The van der Waals surface area contributed by atoms with Crippen molar-refractivity contribution < 1.29 is 19.7 Å². The molecule has 0 radical (unpaired) electrons. The number of hydrogen-bond acceptors (Lipinski definition) is 4. The normalized spacial score (nSPS) is 22.7. The summed E-state index contributed by atoms with van der Waals surface area (Å²) in [5, 5.41) is 20.4. The van der Waals surface area contributed by atoms with Crippen LogP contribution in [0.25, 0.3) is 0 Å². The van der Waals surface area contributed by atoms with Gasteiger partial charge in [-0.05, 0) is 45.4 Å². The molecule has 1 aliphatic rings. The van der Waals surface area contributed by atoms with E-state index < -0.39 is 0 Å². The van der Waals surface area contributed by atoms with Gasteiger partial charge >= 0.3 is 5.97 Å². The Morgan fingerprint density at radius 1 is 1.19 bits per heavy atom. The van der Waals surface area contributed by atoms with Crippen molar-refractivity contribution in [1.82, 2.24) is 0 Å². The van der Waals surface area contributed by atoms with Crippen LogP contribution in [0.3, 0.4) is 0 Å². The smallest absolute Gasteiger partial charge is 0.305 e. The Bertz CT molecular complexity index is 405. The Hall–Kier alpha value is -0.870. The van der Waals surface area contributed by atoms with E-state index in [1.54, 1.807) is 0 Å². The summed E-state index contributed by atoms with van der Waals surface area (Å²) in [5.74, 6) is 0.171. The topological polar surface area (TPSA) is 66.8 Å². The standard InChI is InChI=1S/C22H40O4/c1-3-5-8-11-19(23)16-14-18-15-17-21(24)20(18)12-9-6-7-10-13-22(25)26-4-2/h14,19-21,23-24H,3-13,15-17H2,1-2H3/t19?,20-,21-/m1/s1. The van der Waals surface area contributed by atoms with E-state index in [0.717, 1.165) is 64.2 Å². The zero-order valence-corrected chi connectivity index (χ0v) is 16.9. The van der Waals surface area contributed by atoms with E-state index in [2.05, 4.69) is 13.0 Å². The van der Waals surface area contributed by atoms with Crippen LogP contribution in [-0.4, -0.2) is 35.0 Å². The molecule has 0 amide bonds. The molecule has 4 nitrogen and oxygen atoms in total. The van der Waals surface area contributed by atoms with Gasteiger partial charge in [0, 0.05) is 12.3 Å². The van der Waals surface area contributed by atoms with Gasteiger partial charge in [-0.25, -0.2) is 0 Å². The van der Waals surface area contributed by atoms with E-state index in [1.165, 1.54) is 18.4 Å². The van der Waals surface area contributed by atoms with Crippen molar-refractivity contribution in [2.24, 2.45) is 5.92 Å². The maximum absolute atomic E-state index is 11.3. The Labute approximate surface area is 160 Å². The molecule has 0 saturated heterocycles. The summed E-state index contributed by atoms with van der Waals surface area (Å²) in [6.07, 6.45) is 14.2. The number of unbranched alkanes of at least 4 members (excludes halogenated alkanes) is 5. The zero-order chi connectivity index (χ0) is 19.2. The highest BCUT2D eigenvalue weighted by Gasteiger charge is 2.29. The monoisotopic (exact) mass is 368 g/mol. The molecule has 1 aliphatic carbocycles. The van der Waals surface area contributed by atoms with Crippen LogP contribution in [0.1, 0.15) is 97.3 Å². The second kappa shape index (κ2) is 14.2. The van der Waals surface area contributed by atoms with Crippen LogP contribution in [0, 0.1) is 5.92 Å². The molecule has 1 fully saturated rings. The number of carbonyl (C=O) groups excluding carboxylic acids is 1. The number of aliphatic hydroxyl groups excluding tert-OH is 2. The van der Waals surface area contributed by atoms with Gasteiger partial charge in [-0.2, -0.15) is 0 Å². The third-order valence-corrected chi connectivity index (χ3v) is 5.41. The highest BCUT2D eigenvalue weighted by molar-refractivity contribution is 5.69. The first-order valence-corrected chi connectivity index (χ1v) is 10.8. The van der Waals surface area contributed by atoms with Gasteiger partial charge in [0.2, 0.25) is 0 Å². The Balaban J connectivity index is 2.23. The van der Waals surface area contributed by atoms with E-state index >= 15 is 0 Å². The lowest BCUT2D eigenvalue weighted by atomic mass is 9.92. The maximum Gasteiger partial charge on any atom is 0.305 e. The van der Waals surface area contributed by atoms with E-state index in [9.17, 15) is 15.0 Å². The summed E-state index contributed by atoms with van der Waals surface area (Å²) in [5.41, 5.74) is 1.35. The highest BCUT2D eigenvalue weighted by Crippen LogP contribution is 2.35. The van der Waals surface area contributed by atoms with Crippen molar-refractivity contribution in [2.45, 2.75) is 110 Å². The third kappa shape index (κ3) is 9.72. The molecular formula is C22H40O4. The van der Waals surface area contributed by atoms with E-state index in [0.29, 0.717) is 13.0 Å². The lowest BCUT2D eigenvalue weighted by Gasteiger charge is -2.17. The van der Waals surface area contributed by atoms with Crippen LogP contribution in [0.15, 0.2) is 11.6 Å². The van der Waals surface area contributed by atoms with E-state index in [4.69, 9.17) is 4.74 Å². The molecule has 1 rings (SSSR count). The fourth-order valence-electron chi connectivity index (χ4n) is 3.83.